The molecule has 0 saturated carbocycles. The number of nitrogens with one attached hydrogen (secondary N) is 1. The molecule has 1 aromatic carbocycles. The van der Waals surface area contributed by atoms with Crippen molar-refractivity contribution in [2.45, 2.75) is 34.1 Å². The van der Waals surface area contributed by atoms with Gasteiger partial charge < -0.3 is 5.32 Å². The van der Waals surface area contributed by atoms with E-state index < -0.39 is 0 Å². The van der Waals surface area contributed by atoms with Crippen LogP contribution in [0.5, 0.6) is 0 Å². The molecule has 0 aliphatic heterocycles. The van der Waals surface area contributed by atoms with E-state index in [2.05, 4.69) is 63.9 Å². The highest BCUT2D eigenvalue weighted by molar-refractivity contribution is 5.28. The van der Waals surface area contributed by atoms with Gasteiger partial charge in [-0.2, -0.15) is 0 Å². The molecule has 1 nitrogen and oxygen atoms in total. The highest BCUT2D eigenvalue weighted by Crippen LogP contribution is 2.09. The third kappa shape index (κ3) is 4.48. The van der Waals surface area contributed by atoms with E-state index in [1.54, 1.807) is 0 Å². The Labute approximate surface area is 105 Å². The fourth-order valence-corrected chi connectivity index (χ4v) is 1.55. The van der Waals surface area contributed by atoms with Crippen molar-refractivity contribution in [3.63, 3.8) is 0 Å². The minimum atomic E-state index is 0.937. The van der Waals surface area contributed by atoms with Crippen molar-refractivity contribution >= 4 is 0 Å². The molecule has 0 radical (unpaired) electrons. The average molecular weight is 229 g/mol. The minimum absolute atomic E-state index is 0.937. The minimum Gasteiger partial charge on any atom is -0.385 e. The van der Waals surface area contributed by atoms with E-state index in [-0.39, 0.29) is 0 Å². The van der Waals surface area contributed by atoms with Gasteiger partial charge in [-0.25, -0.2) is 0 Å². The number of allylic oxidation sites excluding steroid dienone is 2. The third-order valence-electron chi connectivity index (χ3n) is 3.08. The van der Waals surface area contributed by atoms with Gasteiger partial charge in [-0.1, -0.05) is 42.0 Å². The molecular weight excluding hydrogens is 206 g/mol. The molecule has 0 aliphatic carbocycles. The van der Waals surface area contributed by atoms with Crippen molar-refractivity contribution in [2.24, 2.45) is 0 Å². The molecule has 0 amide bonds. The Morgan fingerprint density at radius 3 is 2.24 bits per heavy atom. The Bertz CT molecular complexity index is 406. The van der Waals surface area contributed by atoms with Gasteiger partial charge in [0.15, 0.2) is 0 Å². The molecule has 0 atom stereocenters. The van der Waals surface area contributed by atoms with E-state index in [1.165, 1.54) is 22.3 Å². The first-order chi connectivity index (χ1) is 8.00. The summed E-state index contributed by atoms with van der Waals surface area (Å²) in [5.74, 6) is 0. The van der Waals surface area contributed by atoms with Gasteiger partial charge in [-0.15, -0.1) is 0 Å². The lowest BCUT2D eigenvalue weighted by atomic mass is 10.1. The highest BCUT2D eigenvalue weighted by Gasteiger charge is 1.98. The van der Waals surface area contributed by atoms with Gasteiger partial charge in [0.1, 0.15) is 0 Å². The quantitative estimate of drug-likeness (QED) is 0.753. The van der Waals surface area contributed by atoms with Gasteiger partial charge >= 0.3 is 0 Å². The molecule has 1 N–H and O–H groups in total. The van der Waals surface area contributed by atoms with Crippen molar-refractivity contribution in [2.75, 3.05) is 6.54 Å². The molecule has 0 spiro atoms. The van der Waals surface area contributed by atoms with E-state index >= 15 is 0 Å². The first-order valence-electron chi connectivity index (χ1n) is 6.13. The molecule has 0 heterocycles. The van der Waals surface area contributed by atoms with Crippen LogP contribution in [0.1, 0.15) is 31.9 Å². The molecule has 1 heteroatoms. The summed E-state index contributed by atoms with van der Waals surface area (Å²) >= 11 is 0. The number of hydrogen-bond donors (Lipinski definition) is 1. The number of benzene rings is 1. The normalized spacial score (nSPS) is 9.88. The van der Waals surface area contributed by atoms with E-state index in [9.17, 15) is 0 Å². The number of rotatable bonds is 5. The topological polar surface area (TPSA) is 12.0 Å². The van der Waals surface area contributed by atoms with Crippen molar-refractivity contribution < 1.29 is 0 Å². The largest absolute Gasteiger partial charge is 0.385 e. The lowest BCUT2D eigenvalue weighted by molar-refractivity contribution is 0.794. The van der Waals surface area contributed by atoms with Gasteiger partial charge in [0.2, 0.25) is 0 Å². The second-order valence-corrected chi connectivity index (χ2v) is 4.77. The van der Waals surface area contributed by atoms with Crippen molar-refractivity contribution in [1.82, 2.24) is 5.32 Å². The second-order valence-electron chi connectivity index (χ2n) is 4.77. The van der Waals surface area contributed by atoms with Crippen LogP contribution in [0, 0.1) is 6.92 Å². The molecule has 0 aliphatic rings. The predicted molar refractivity (Wildman–Crippen MR) is 76.1 cm³/mol. The SMILES string of the molecule is C=C(NCCc1ccc(C)cc1)C(C)=C(C)C. The lowest BCUT2D eigenvalue weighted by Gasteiger charge is -2.11. The van der Waals surface area contributed by atoms with Gasteiger partial charge in [-0.05, 0) is 45.3 Å². The third-order valence-corrected chi connectivity index (χ3v) is 3.08. The van der Waals surface area contributed by atoms with Crippen LogP contribution in [0.2, 0.25) is 0 Å². The van der Waals surface area contributed by atoms with Gasteiger partial charge in [-0.3, -0.25) is 0 Å². The molecule has 17 heavy (non-hydrogen) atoms. The Kier molecular flexibility index (Phi) is 5.02. The van der Waals surface area contributed by atoms with Gasteiger partial charge in [0.05, 0.1) is 0 Å². The predicted octanol–water partition coefficient (Wildman–Crippen LogP) is 4.00. The monoisotopic (exact) mass is 229 g/mol. The zero-order valence-electron chi connectivity index (χ0n) is 11.4. The molecule has 0 aromatic heterocycles. The molecule has 0 bridgehead atoms. The van der Waals surface area contributed by atoms with E-state index in [1.807, 2.05) is 0 Å². The lowest BCUT2D eigenvalue weighted by Crippen LogP contribution is -2.17. The van der Waals surface area contributed by atoms with Gasteiger partial charge in [0.25, 0.3) is 0 Å². The zero-order valence-corrected chi connectivity index (χ0v) is 11.4. The summed E-state index contributed by atoms with van der Waals surface area (Å²) in [6, 6.07) is 8.69. The summed E-state index contributed by atoms with van der Waals surface area (Å²) in [5, 5.41) is 3.37. The molecular formula is C16H23N. The first-order valence-corrected chi connectivity index (χ1v) is 6.13. The zero-order chi connectivity index (χ0) is 12.8. The fourth-order valence-electron chi connectivity index (χ4n) is 1.55. The molecule has 1 aromatic rings. The van der Waals surface area contributed by atoms with E-state index in [0.29, 0.717) is 0 Å². The standard InChI is InChI=1S/C16H23N/c1-12(2)14(4)15(5)17-11-10-16-8-6-13(3)7-9-16/h6-9,17H,5,10-11H2,1-4H3. The van der Waals surface area contributed by atoms with Crippen LogP contribution in [0.15, 0.2) is 47.7 Å². The van der Waals surface area contributed by atoms with Crippen molar-refractivity contribution in [3.8, 4) is 0 Å². The molecule has 92 valence electrons. The van der Waals surface area contributed by atoms with Crippen LogP contribution in [-0.4, -0.2) is 6.54 Å². The van der Waals surface area contributed by atoms with E-state index in [0.717, 1.165) is 18.7 Å². The summed E-state index contributed by atoms with van der Waals surface area (Å²) < 4.78 is 0. The summed E-state index contributed by atoms with van der Waals surface area (Å²) in [6.45, 7) is 13.4. The fraction of sp³-hybridized carbons (Fsp3) is 0.375. The molecule has 1 rings (SSSR count). The van der Waals surface area contributed by atoms with E-state index in [4.69, 9.17) is 0 Å². The Balaban J connectivity index is 2.41. The Hall–Kier alpha value is -1.50. The molecule has 0 saturated heterocycles. The van der Waals surface area contributed by atoms with Crippen LogP contribution >= 0.6 is 0 Å². The maximum absolute atomic E-state index is 4.05. The van der Waals surface area contributed by atoms with Crippen LogP contribution in [0.4, 0.5) is 0 Å². The summed E-state index contributed by atoms with van der Waals surface area (Å²) in [5.41, 5.74) is 6.29. The highest BCUT2D eigenvalue weighted by atomic mass is 14.9. The maximum Gasteiger partial charge on any atom is 0.0296 e. The number of aryl methyl sites for hydroxylation is 1. The summed E-state index contributed by atoms with van der Waals surface area (Å²) in [6.07, 6.45) is 1.04. The summed E-state index contributed by atoms with van der Waals surface area (Å²) in [4.78, 5) is 0. The molecule has 0 unspecified atom stereocenters. The van der Waals surface area contributed by atoms with Crippen LogP contribution < -0.4 is 5.32 Å². The maximum atomic E-state index is 4.05. The average Bonchev–Trinajstić information content (AvgIpc) is 2.30. The molecule has 0 fully saturated rings. The Morgan fingerprint density at radius 2 is 1.71 bits per heavy atom. The second kappa shape index (κ2) is 6.29. The van der Waals surface area contributed by atoms with Crippen molar-refractivity contribution in [1.29, 1.82) is 0 Å². The van der Waals surface area contributed by atoms with Crippen LogP contribution in [-0.2, 0) is 6.42 Å². The first kappa shape index (κ1) is 13.6. The smallest absolute Gasteiger partial charge is 0.0296 e. The number of hydrogen-bond acceptors (Lipinski definition) is 1. The van der Waals surface area contributed by atoms with Gasteiger partial charge in [0, 0.05) is 12.2 Å². The van der Waals surface area contributed by atoms with Crippen molar-refractivity contribution in [3.05, 3.63) is 58.8 Å². The Morgan fingerprint density at radius 1 is 1.12 bits per heavy atom. The van der Waals surface area contributed by atoms with Crippen LogP contribution in [0.25, 0.3) is 0 Å². The summed E-state index contributed by atoms with van der Waals surface area (Å²) in [7, 11) is 0. The van der Waals surface area contributed by atoms with Crippen LogP contribution in [0.3, 0.4) is 0 Å².